The van der Waals surface area contributed by atoms with Crippen LogP contribution in [0.2, 0.25) is 0 Å². The molecule has 0 radical (unpaired) electrons. The number of nitrogens with one attached hydrogen (secondary N) is 1. The van der Waals surface area contributed by atoms with Crippen LogP contribution < -0.4 is 10.1 Å². The van der Waals surface area contributed by atoms with Crippen LogP contribution in [0.25, 0.3) is 0 Å². The van der Waals surface area contributed by atoms with E-state index in [1.807, 2.05) is 12.1 Å². The Hall–Kier alpha value is -1.80. The van der Waals surface area contributed by atoms with Gasteiger partial charge in [-0.15, -0.1) is 0 Å². The van der Waals surface area contributed by atoms with E-state index in [0.717, 1.165) is 12.3 Å². The van der Waals surface area contributed by atoms with E-state index in [4.69, 9.17) is 4.74 Å². The molecule has 0 aliphatic carbocycles. The summed E-state index contributed by atoms with van der Waals surface area (Å²) < 4.78 is 5.24. The maximum Gasteiger partial charge on any atom is 0.118 e. The largest absolute Gasteiger partial charge is 0.497 e. The van der Waals surface area contributed by atoms with Crippen molar-refractivity contribution >= 4 is 0 Å². The van der Waals surface area contributed by atoms with Gasteiger partial charge in [0, 0.05) is 0 Å². The van der Waals surface area contributed by atoms with E-state index < -0.39 is 0 Å². The second kappa shape index (κ2) is 7.28. The first-order valence-corrected chi connectivity index (χ1v) is 7.63. The minimum atomic E-state index is 0.224. The van der Waals surface area contributed by atoms with Crippen LogP contribution in [0.5, 0.6) is 5.75 Å². The van der Waals surface area contributed by atoms with Crippen molar-refractivity contribution in [2.24, 2.45) is 0 Å². The predicted octanol–water partition coefficient (Wildman–Crippen LogP) is 4.52. The molecule has 1 N–H and O–H groups in total. The molecule has 0 aliphatic rings. The summed E-state index contributed by atoms with van der Waals surface area (Å²) in [6, 6.07) is 17.4. The lowest BCUT2D eigenvalue weighted by molar-refractivity contribution is 0.414. The van der Waals surface area contributed by atoms with E-state index in [-0.39, 0.29) is 6.04 Å². The summed E-state index contributed by atoms with van der Waals surface area (Å²) in [7, 11) is 1.70. The molecule has 1 unspecified atom stereocenters. The van der Waals surface area contributed by atoms with Gasteiger partial charge in [-0.05, 0) is 41.3 Å². The third kappa shape index (κ3) is 3.85. The minimum absolute atomic E-state index is 0.224. The quantitative estimate of drug-likeness (QED) is 0.841. The van der Waals surface area contributed by atoms with Gasteiger partial charge >= 0.3 is 0 Å². The van der Waals surface area contributed by atoms with Crippen molar-refractivity contribution in [3.8, 4) is 5.75 Å². The summed E-state index contributed by atoms with van der Waals surface area (Å²) in [5.41, 5.74) is 3.94. The van der Waals surface area contributed by atoms with Crippen LogP contribution in [0.4, 0.5) is 0 Å². The van der Waals surface area contributed by atoms with Gasteiger partial charge in [-0.3, -0.25) is 0 Å². The molecule has 0 fully saturated rings. The summed E-state index contributed by atoms with van der Waals surface area (Å²) in [6.45, 7) is 7.52. The number of hydrogen-bond acceptors (Lipinski definition) is 2. The van der Waals surface area contributed by atoms with Crippen molar-refractivity contribution in [1.82, 2.24) is 5.32 Å². The molecule has 21 heavy (non-hydrogen) atoms. The Bertz CT molecular complexity index is 543. The van der Waals surface area contributed by atoms with Crippen molar-refractivity contribution in [1.29, 1.82) is 0 Å². The lowest BCUT2D eigenvalue weighted by atomic mass is 9.95. The fourth-order valence-corrected chi connectivity index (χ4v) is 2.50. The van der Waals surface area contributed by atoms with Gasteiger partial charge in [-0.25, -0.2) is 0 Å². The fraction of sp³-hybridized carbons (Fsp3) is 0.368. The molecular weight excluding hydrogens is 258 g/mol. The molecule has 0 saturated carbocycles. The van der Waals surface area contributed by atoms with Crippen molar-refractivity contribution in [2.75, 3.05) is 13.7 Å². The molecule has 1 atom stereocenters. The second-order valence-corrected chi connectivity index (χ2v) is 5.59. The monoisotopic (exact) mass is 283 g/mol. The molecule has 0 spiro atoms. The Morgan fingerprint density at radius 2 is 1.33 bits per heavy atom. The number of methoxy groups -OCH3 is 1. The average molecular weight is 283 g/mol. The topological polar surface area (TPSA) is 21.3 Å². The molecule has 0 aromatic heterocycles. The Balaban J connectivity index is 2.28. The van der Waals surface area contributed by atoms with Crippen molar-refractivity contribution in [3.05, 3.63) is 65.2 Å². The standard InChI is InChI=1S/C19H25NO/c1-5-20-19(17-10-12-18(21-4)13-11-17)16-8-6-15(7-9-16)14(2)3/h6-14,19-20H,5H2,1-4H3. The lowest BCUT2D eigenvalue weighted by Gasteiger charge is -2.20. The molecule has 2 nitrogen and oxygen atoms in total. The molecule has 2 aromatic rings. The summed E-state index contributed by atoms with van der Waals surface area (Å²) in [4.78, 5) is 0. The van der Waals surface area contributed by atoms with E-state index >= 15 is 0 Å². The maximum atomic E-state index is 5.24. The van der Waals surface area contributed by atoms with Gasteiger partial charge in [0.1, 0.15) is 5.75 Å². The van der Waals surface area contributed by atoms with Crippen LogP contribution in [0.1, 0.15) is 49.4 Å². The predicted molar refractivity (Wildman–Crippen MR) is 89.0 cm³/mol. The SMILES string of the molecule is CCNC(c1ccc(OC)cc1)c1ccc(C(C)C)cc1. The highest BCUT2D eigenvalue weighted by atomic mass is 16.5. The summed E-state index contributed by atoms with van der Waals surface area (Å²) >= 11 is 0. The lowest BCUT2D eigenvalue weighted by Crippen LogP contribution is -2.21. The van der Waals surface area contributed by atoms with Gasteiger partial charge < -0.3 is 10.1 Å². The molecule has 0 heterocycles. The summed E-state index contributed by atoms with van der Waals surface area (Å²) in [5.74, 6) is 1.46. The molecule has 2 aromatic carbocycles. The second-order valence-electron chi connectivity index (χ2n) is 5.59. The van der Waals surface area contributed by atoms with Gasteiger partial charge in [0.15, 0.2) is 0 Å². The van der Waals surface area contributed by atoms with Gasteiger partial charge in [0.2, 0.25) is 0 Å². The molecule has 2 heteroatoms. The molecule has 0 bridgehead atoms. The first kappa shape index (κ1) is 15.6. The highest BCUT2D eigenvalue weighted by Crippen LogP contribution is 2.25. The van der Waals surface area contributed by atoms with Crippen LogP contribution in [-0.4, -0.2) is 13.7 Å². The molecule has 2 rings (SSSR count). The highest BCUT2D eigenvalue weighted by Gasteiger charge is 2.13. The normalized spacial score (nSPS) is 12.4. The van der Waals surface area contributed by atoms with Gasteiger partial charge in [0.25, 0.3) is 0 Å². The molecule has 0 saturated heterocycles. The van der Waals surface area contributed by atoms with Crippen LogP contribution >= 0.6 is 0 Å². The molecule has 0 aliphatic heterocycles. The molecule has 112 valence electrons. The zero-order valence-electron chi connectivity index (χ0n) is 13.4. The van der Waals surface area contributed by atoms with E-state index in [1.165, 1.54) is 16.7 Å². The zero-order chi connectivity index (χ0) is 15.2. The first-order valence-electron chi connectivity index (χ1n) is 7.63. The van der Waals surface area contributed by atoms with Gasteiger partial charge in [-0.2, -0.15) is 0 Å². The summed E-state index contributed by atoms with van der Waals surface area (Å²) in [5, 5.41) is 3.56. The third-order valence-electron chi connectivity index (χ3n) is 3.79. The average Bonchev–Trinajstić information content (AvgIpc) is 2.53. The van der Waals surface area contributed by atoms with Gasteiger partial charge in [0.05, 0.1) is 13.2 Å². The fourth-order valence-electron chi connectivity index (χ4n) is 2.50. The van der Waals surface area contributed by atoms with E-state index in [9.17, 15) is 0 Å². The van der Waals surface area contributed by atoms with Crippen molar-refractivity contribution in [3.63, 3.8) is 0 Å². The van der Waals surface area contributed by atoms with Crippen molar-refractivity contribution in [2.45, 2.75) is 32.7 Å². The van der Waals surface area contributed by atoms with Crippen LogP contribution in [0.15, 0.2) is 48.5 Å². The molecular formula is C19H25NO. The Morgan fingerprint density at radius 3 is 1.76 bits per heavy atom. The number of benzene rings is 2. The van der Waals surface area contributed by atoms with Gasteiger partial charge in [-0.1, -0.05) is 57.2 Å². The van der Waals surface area contributed by atoms with E-state index in [2.05, 4.69) is 62.5 Å². The van der Waals surface area contributed by atoms with Crippen molar-refractivity contribution < 1.29 is 4.74 Å². The number of ether oxygens (including phenoxy) is 1. The molecule has 0 amide bonds. The smallest absolute Gasteiger partial charge is 0.118 e. The Labute approximate surface area is 128 Å². The Morgan fingerprint density at radius 1 is 0.857 bits per heavy atom. The number of rotatable bonds is 6. The van der Waals surface area contributed by atoms with Crippen LogP contribution in [-0.2, 0) is 0 Å². The zero-order valence-corrected chi connectivity index (χ0v) is 13.4. The summed E-state index contributed by atoms with van der Waals surface area (Å²) in [6.07, 6.45) is 0. The third-order valence-corrected chi connectivity index (χ3v) is 3.79. The van der Waals surface area contributed by atoms with Crippen LogP contribution in [0.3, 0.4) is 0 Å². The maximum absolute atomic E-state index is 5.24. The highest BCUT2D eigenvalue weighted by molar-refractivity contribution is 5.37. The van der Waals surface area contributed by atoms with Crippen LogP contribution in [0, 0.1) is 0 Å². The van der Waals surface area contributed by atoms with E-state index in [0.29, 0.717) is 5.92 Å². The Kier molecular flexibility index (Phi) is 5.40. The first-order chi connectivity index (χ1) is 10.2. The number of hydrogen-bond donors (Lipinski definition) is 1. The minimum Gasteiger partial charge on any atom is -0.497 e. The van der Waals surface area contributed by atoms with E-state index in [1.54, 1.807) is 7.11 Å².